The van der Waals surface area contributed by atoms with Crippen LogP contribution in [-0.4, -0.2) is 54.5 Å². The van der Waals surface area contributed by atoms with Crippen LogP contribution < -0.4 is 4.74 Å². The Hall–Kier alpha value is -3.50. The maximum Gasteiger partial charge on any atom is 0.417 e. The number of rotatable bonds is 4. The molecule has 2 aliphatic rings. The molecule has 3 aromatic rings. The molecule has 1 saturated carbocycles. The predicted octanol–water partition coefficient (Wildman–Crippen LogP) is 3.07. The lowest BCUT2D eigenvalue weighted by atomic mass is 10.1. The molecule has 4 heterocycles. The van der Waals surface area contributed by atoms with Crippen molar-refractivity contribution >= 4 is 5.91 Å². The number of likely N-dealkylation sites (tertiary alicyclic amines) is 1. The zero-order valence-electron chi connectivity index (χ0n) is 17.0. The monoisotopic (exact) mass is 444 g/mol. The Balaban J connectivity index is 1.37. The summed E-state index contributed by atoms with van der Waals surface area (Å²) in [6, 6.07) is 3.72. The van der Waals surface area contributed by atoms with Crippen molar-refractivity contribution in [2.45, 2.75) is 38.1 Å². The van der Waals surface area contributed by atoms with E-state index in [0.717, 1.165) is 30.7 Å². The third-order valence-electron chi connectivity index (χ3n) is 5.86. The molecule has 11 heteroatoms. The Morgan fingerprint density at radius 3 is 2.56 bits per heavy atom. The Morgan fingerprint density at radius 2 is 1.91 bits per heavy atom. The number of pyridine rings is 2. The van der Waals surface area contributed by atoms with Crippen LogP contribution >= 0.6 is 0 Å². The summed E-state index contributed by atoms with van der Waals surface area (Å²) in [4.78, 5) is 24.7. The lowest BCUT2D eigenvalue weighted by molar-refractivity contribution is -0.137. The highest BCUT2D eigenvalue weighted by atomic mass is 19.4. The molecule has 1 aliphatic carbocycles. The zero-order chi connectivity index (χ0) is 22.5. The number of aromatic nitrogens is 5. The lowest BCUT2D eigenvalue weighted by Crippen LogP contribution is -2.47. The summed E-state index contributed by atoms with van der Waals surface area (Å²) < 4.78 is 44.2. The smallest absolute Gasteiger partial charge is 0.417 e. The topological polar surface area (TPSA) is 86.0 Å². The summed E-state index contributed by atoms with van der Waals surface area (Å²) >= 11 is 0. The Kier molecular flexibility index (Phi) is 4.83. The van der Waals surface area contributed by atoms with Crippen LogP contribution in [0.25, 0.3) is 5.82 Å². The molecule has 0 radical (unpaired) electrons. The first-order valence-electron chi connectivity index (χ1n) is 10.1. The van der Waals surface area contributed by atoms with Crippen LogP contribution in [0.15, 0.2) is 43.0 Å². The third kappa shape index (κ3) is 3.67. The maximum absolute atomic E-state index is 13.5. The third-order valence-corrected chi connectivity index (χ3v) is 5.86. The van der Waals surface area contributed by atoms with Gasteiger partial charge in [0.15, 0.2) is 5.82 Å². The van der Waals surface area contributed by atoms with E-state index in [1.54, 1.807) is 17.2 Å². The van der Waals surface area contributed by atoms with Crippen molar-refractivity contribution in [3.05, 3.63) is 59.7 Å². The van der Waals surface area contributed by atoms with Crippen LogP contribution in [0.4, 0.5) is 13.2 Å². The number of halogens is 3. The van der Waals surface area contributed by atoms with Gasteiger partial charge in [-0.3, -0.25) is 4.79 Å². The van der Waals surface area contributed by atoms with E-state index < -0.39 is 11.7 Å². The fourth-order valence-corrected chi connectivity index (χ4v) is 4.46. The molecule has 0 N–H and O–H groups in total. The van der Waals surface area contributed by atoms with E-state index in [0.29, 0.717) is 17.9 Å². The van der Waals surface area contributed by atoms with Crippen LogP contribution in [0.5, 0.6) is 5.88 Å². The second-order valence-electron chi connectivity index (χ2n) is 8.10. The van der Waals surface area contributed by atoms with E-state index in [1.807, 2.05) is 6.92 Å². The number of hydrogen-bond donors (Lipinski definition) is 0. The van der Waals surface area contributed by atoms with Crippen LogP contribution in [0, 0.1) is 12.8 Å². The van der Waals surface area contributed by atoms with E-state index in [9.17, 15) is 18.0 Å². The standard InChI is InChI=1S/C21H19F3N6O2/c1-12-6-15(19(26-9-12)30-27-4-5-28-30)20(31)29-11-13-7-16(29)17(8-13)32-18-3-2-14(10-25-18)21(22,23)24/h2-6,9-10,13,16-17H,7-8,11H2,1H3/t13-,16+,17-/m1/s1. The minimum Gasteiger partial charge on any atom is -0.472 e. The minimum absolute atomic E-state index is 0.113. The SMILES string of the molecule is Cc1cnc(-n2nccn2)c(C(=O)N2C[C@H]3C[C@@H](Oc4ccc(C(F)(F)F)cn4)[C@@H]2C3)c1. The van der Waals surface area contributed by atoms with Crippen molar-refractivity contribution in [1.29, 1.82) is 0 Å². The summed E-state index contributed by atoms with van der Waals surface area (Å²) in [7, 11) is 0. The van der Waals surface area contributed by atoms with E-state index >= 15 is 0 Å². The molecule has 3 aromatic heterocycles. The van der Waals surface area contributed by atoms with Gasteiger partial charge in [-0.05, 0) is 43.4 Å². The lowest BCUT2D eigenvalue weighted by Gasteiger charge is -2.33. The molecule has 0 spiro atoms. The fraction of sp³-hybridized carbons (Fsp3) is 0.381. The molecule has 3 atom stereocenters. The van der Waals surface area contributed by atoms with Crippen molar-refractivity contribution < 1.29 is 22.7 Å². The first-order valence-corrected chi connectivity index (χ1v) is 10.1. The van der Waals surface area contributed by atoms with Gasteiger partial charge in [-0.25, -0.2) is 9.97 Å². The molecular formula is C21H19F3N6O2. The van der Waals surface area contributed by atoms with E-state index in [2.05, 4.69) is 20.2 Å². The molecule has 32 heavy (non-hydrogen) atoms. The van der Waals surface area contributed by atoms with Gasteiger partial charge in [0.2, 0.25) is 5.88 Å². The van der Waals surface area contributed by atoms with Gasteiger partial charge in [0.25, 0.3) is 5.91 Å². The van der Waals surface area contributed by atoms with Gasteiger partial charge in [-0.15, -0.1) is 4.80 Å². The molecule has 0 aromatic carbocycles. The number of alkyl halides is 3. The normalized spacial score (nSPS) is 22.4. The molecule has 1 saturated heterocycles. The molecule has 8 nitrogen and oxygen atoms in total. The summed E-state index contributed by atoms with van der Waals surface area (Å²) in [6.45, 7) is 2.44. The number of hydrogen-bond acceptors (Lipinski definition) is 6. The number of fused-ring (bicyclic) bond motifs is 2. The highest BCUT2D eigenvalue weighted by Gasteiger charge is 2.49. The van der Waals surface area contributed by atoms with Crippen molar-refractivity contribution in [3.63, 3.8) is 0 Å². The molecule has 2 bridgehead atoms. The van der Waals surface area contributed by atoms with Crippen LogP contribution in [-0.2, 0) is 6.18 Å². The molecule has 2 fully saturated rings. The van der Waals surface area contributed by atoms with Gasteiger partial charge in [0.05, 0.1) is 29.6 Å². The summed E-state index contributed by atoms with van der Waals surface area (Å²) in [5, 5.41) is 8.18. The molecule has 1 aliphatic heterocycles. The Labute approximate surface area is 181 Å². The van der Waals surface area contributed by atoms with Crippen molar-refractivity contribution in [2.75, 3.05) is 6.54 Å². The summed E-state index contributed by atoms with van der Waals surface area (Å²) in [6.07, 6.45) is 2.11. The molecule has 0 unspecified atom stereocenters. The van der Waals surface area contributed by atoms with E-state index in [1.165, 1.54) is 23.3 Å². The average molecular weight is 444 g/mol. The highest BCUT2D eigenvalue weighted by molar-refractivity contribution is 5.97. The van der Waals surface area contributed by atoms with E-state index in [-0.39, 0.29) is 29.9 Å². The van der Waals surface area contributed by atoms with Crippen LogP contribution in [0.1, 0.15) is 34.3 Å². The first-order chi connectivity index (χ1) is 15.3. The zero-order valence-corrected chi connectivity index (χ0v) is 17.0. The fourth-order valence-electron chi connectivity index (χ4n) is 4.46. The molecule has 166 valence electrons. The van der Waals surface area contributed by atoms with Gasteiger partial charge < -0.3 is 9.64 Å². The van der Waals surface area contributed by atoms with Crippen LogP contribution in [0.3, 0.4) is 0 Å². The Bertz CT molecular complexity index is 1130. The number of amides is 1. The quantitative estimate of drug-likeness (QED) is 0.615. The van der Waals surface area contributed by atoms with E-state index in [4.69, 9.17) is 4.74 Å². The first kappa shape index (κ1) is 20.4. The Morgan fingerprint density at radius 1 is 1.12 bits per heavy atom. The van der Waals surface area contributed by atoms with Gasteiger partial charge in [0.1, 0.15) is 6.10 Å². The van der Waals surface area contributed by atoms with Gasteiger partial charge in [-0.1, -0.05) is 0 Å². The second kappa shape index (κ2) is 7.57. The van der Waals surface area contributed by atoms with Gasteiger partial charge in [-0.2, -0.15) is 23.4 Å². The van der Waals surface area contributed by atoms with Gasteiger partial charge in [0, 0.05) is 25.0 Å². The summed E-state index contributed by atoms with van der Waals surface area (Å²) in [5.74, 6) is 0.513. The van der Waals surface area contributed by atoms with Crippen molar-refractivity contribution in [2.24, 2.45) is 5.92 Å². The molecule has 5 rings (SSSR count). The number of piperidine rings is 1. The largest absolute Gasteiger partial charge is 0.472 e. The number of carbonyl (C=O) groups excluding carboxylic acids is 1. The number of carbonyl (C=O) groups is 1. The summed E-state index contributed by atoms with van der Waals surface area (Å²) in [5.41, 5.74) is 0.386. The van der Waals surface area contributed by atoms with Gasteiger partial charge >= 0.3 is 6.18 Å². The second-order valence-corrected chi connectivity index (χ2v) is 8.10. The molecular weight excluding hydrogens is 425 g/mol. The van der Waals surface area contributed by atoms with Crippen molar-refractivity contribution in [3.8, 4) is 11.7 Å². The van der Waals surface area contributed by atoms with Crippen molar-refractivity contribution in [1.82, 2.24) is 29.9 Å². The average Bonchev–Trinajstić information content (AvgIpc) is 3.50. The number of ether oxygens (including phenoxy) is 1. The maximum atomic E-state index is 13.5. The highest BCUT2D eigenvalue weighted by Crippen LogP contribution is 2.41. The van der Waals surface area contributed by atoms with Crippen LogP contribution in [0.2, 0.25) is 0 Å². The number of aryl methyl sites for hydroxylation is 1. The predicted molar refractivity (Wildman–Crippen MR) is 105 cm³/mol. The number of nitrogens with zero attached hydrogens (tertiary/aromatic N) is 6. The molecule has 1 amide bonds. The minimum atomic E-state index is -4.45.